The summed E-state index contributed by atoms with van der Waals surface area (Å²) in [6.07, 6.45) is 2.60. The number of likely N-dealkylation sites (N-methyl/N-ethyl adjacent to an activating group) is 1. The maximum Gasteiger partial charge on any atom is 0.312 e. The lowest BCUT2D eigenvalue weighted by atomic mass is 10.2. The third-order valence-electron chi connectivity index (χ3n) is 3.20. The molecule has 18 heavy (non-hydrogen) atoms. The van der Waals surface area contributed by atoms with Crippen LogP contribution < -0.4 is 4.90 Å². The summed E-state index contributed by atoms with van der Waals surface area (Å²) in [4.78, 5) is 19.0. The summed E-state index contributed by atoms with van der Waals surface area (Å²) in [7, 11) is 4.05. The molecule has 0 amide bonds. The van der Waals surface area contributed by atoms with E-state index in [1.807, 2.05) is 19.0 Å². The average Bonchev–Trinajstić information content (AvgIpc) is 2.78. The molecule has 0 N–H and O–H groups in total. The molecule has 6 nitrogen and oxygen atoms in total. The molecule has 2 rings (SSSR count). The first-order valence-corrected chi connectivity index (χ1v) is 6.49. The van der Waals surface area contributed by atoms with E-state index in [2.05, 4.69) is 25.8 Å². The Kier molecular flexibility index (Phi) is 3.82. The third-order valence-corrected chi connectivity index (χ3v) is 3.64. The summed E-state index contributed by atoms with van der Waals surface area (Å²) < 4.78 is 0.626. The molecule has 0 spiro atoms. The van der Waals surface area contributed by atoms with Crippen LogP contribution in [-0.2, 0) is 0 Å². The van der Waals surface area contributed by atoms with Crippen molar-refractivity contribution in [2.75, 3.05) is 32.1 Å². The fourth-order valence-corrected chi connectivity index (χ4v) is 2.47. The van der Waals surface area contributed by atoms with Crippen molar-refractivity contribution in [3.05, 3.63) is 26.9 Å². The van der Waals surface area contributed by atoms with Crippen molar-refractivity contribution in [3.63, 3.8) is 0 Å². The second-order valence-electron chi connectivity index (χ2n) is 4.61. The lowest BCUT2D eigenvalue weighted by Gasteiger charge is -2.20. The highest BCUT2D eigenvalue weighted by atomic mass is 79.9. The van der Waals surface area contributed by atoms with Crippen molar-refractivity contribution in [2.24, 2.45) is 0 Å². The molecule has 98 valence electrons. The molecule has 0 radical (unpaired) electrons. The second kappa shape index (κ2) is 5.19. The van der Waals surface area contributed by atoms with Crippen LogP contribution in [-0.4, -0.2) is 48.0 Å². The first-order chi connectivity index (χ1) is 8.49. The van der Waals surface area contributed by atoms with E-state index in [-0.39, 0.29) is 10.6 Å². The Morgan fingerprint density at radius 2 is 2.33 bits per heavy atom. The van der Waals surface area contributed by atoms with Crippen LogP contribution in [0.2, 0.25) is 0 Å². The van der Waals surface area contributed by atoms with E-state index < -0.39 is 0 Å². The quantitative estimate of drug-likeness (QED) is 0.630. The van der Waals surface area contributed by atoms with E-state index in [0.29, 0.717) is 16.3 Å². The minimum atomic E-state index is -0.379. The summed E-state index contributed by atoms with van der Waals surface area (Å²) in [6, 6.07) is 1.93. The normalized spacial score (nSPS) is 19.6. The maximum atomic E-state index is 11.1. The molecule has 7 heteroatoms. The first kappa shape index (κ1) is 13.2. The van der Waals surface area contributed by atoms with Crippen LogP contribution in [0.15, 0.2) is 16.7 Å². The molecule has 0 aromatic carbocycles. The molecule has 0 bridgehead atoms. The molecular weight excluding hydrogens is 300 g/mol. The van der Waals surface area contributed by atoms with Crippen molar-refractivity contribution in [1.29, 1.82) is 0 Å². The summed E-state index contributed by atoms with van der Waals surface area (Å²) in [5.41, 5.74) is 0.0591. The fraction of sp³-hybridized carbons (Fsp3) is 0.545. The van der Waals surface area contributed by atoms with Gasteiger partial charge in [0.05, 0.1) is 4.92 Å². The fourth-order valence-electron chi connectivity index (χ4n) is 2.16. The van der Waals surface area contributed by atoms with E-state index in [9.17, 15) is 10.1 Å². The predicted molar refractivity (Wildman–Crippen MR) is 72.9 cm³/mol. The molecule has 1 unspecified atom stereocenters. The molecule has 1 aromatic heterocycles. The molecule has 1 atom stereocenters. The molecule has 1 aliphatic heterocycles. The Labute approximate surface area is 114 Å². The van der Waals surface area contributed by atoms with Crippen LogP contribution in [0.25, 0.3) is 0 Å². The number of nitro groups is 1. The minimum absolute atomic E-state index is 0.0591. The van der Waals surface area contributed by atoms with Gasteiger partial charge in [0, 0.05) is 35.9 Å². The van der Waals surface area contributed by atoms with Crippen LogP contribution >= 0.6 is 15.9 Å². The van der Waals surface area contributed by atoms with Gasteiger partial charge >= 0.3 is 5.69 Å². The van der Waals surface area contributed by atoms with Gasteiger partial charge in [-0.2, -0.15) is 0 Å². The Hall–Kier alpha value is -1.21. The maximum absolute atomic E-state index is 11.1. The molecule has 1 fully saturated rings. The van der Waals surface area contributed by atoms with Gasteiger partial charge in [-0.25, -0.2) is 4.98 Å². The van der Waals surface area contributed by atoms with Gasteiger partial charge in [-0.05, 0) is 36.4 Å². The van der Waals surface area contributed by atoms with Crippen LogP contribution in [0.4, 0.5) is 11.5 Å². The average molecular weight is 315 g/mol. The topological polar surface area (TPSA) is 62.5 Å². The summed E-state index contributed by atoms with van der Waals surface area (Å²) in [6.45, 7) is 1.58. The Bertz CT molecular complexity index is 466. The van der Waals surface area contributed by atoms with Gasteiger partial charge in [-0.1, -0.05) is 0 Å². The summed E-state index contributed by atoms with van der Waals surface area (Å²) in [5, 5.41) is 11.1. The Morgan fingerprint density at radius 3 is 2.89 bits per heavy atom. The van der Waals surface area contributed by atoms with E-state index in [1.54, 1.807) is 6.20 Å². The molecule has 0 aliphatic carbocycles. The van der Waals surface area contributed by atoms with Gasteiger partial charge in [-0.3, -0.25) is 10.1 Å². The van der Waals surface area contributed by atoms with E-state index >= 15 is 0 Å². The molecular formula is C11H15BrN4O2. The predicted octanol–water partition coefficient (Wildman–Crippen LogP) is 1.89. The smallest absolute Gasteiger partial charge is 0.312 e. The second-order valence-corrected chi connectivity index (χ2v) is 5.52. The van der Waals surface area contributed by atoms with Gasteiger partial charge in [0.25, 0.3) is 0 Å². The van der Waals surface area contributed by atoms with Crippen molar-refractivity contribution in [1.82, 2.24) is 9.88 Å². The number of anilines is 1. The lowest BCUT2D eigenvalue weighted by molar-refractivity contribution is -0.384. The van der Waals surface area contributed by atoms with Crippen molar-refractivity contribution in [3.8, 4) is 0 Å². The zero-order valence-electron chi connectivity index (χ0n) is 10.3. The van der Waals surface area contributed by atoms with Crippen molar-refractivity contribution < 1.29 is 4.92 Å². The van der Waals surface area contributed by atoms with Crippen LogP contribution in [0, 0.1) is 10.1 Å². The van der Waals surface area contributed by atoms with Crippen molar-refractivity contribution >= 4 is 27.4 Å². The molecule has 1 aromatic rings. The summed E-state index contributed by atoms with van der Waals surface area (Å²) in [5.74, 6) is 0.465. The van der Waals surface area contributed by atoms with Crippen molar-refractivity contribution in [2.45, 2.75) is 12.5 Å². The van der Waals surface area contributed by atoms with Gasteiger partial charge in [0.2, 0.25) is 5.82 Å². The van der Waals surface area contributed by atoms with Gasteiger partial charge < -0.3 is 9.80 Å². The molecule has 1 aliphatic rings. The van der Waals surface area contributed by atoms with Crippen LogP contribution in [0.1, 0.15) is 6.42 Å². The number of hydrogen-bond acceptors (Lipinski definition) is 5. The highest BCUT2D eigenvalue weighted by Gasteiger charge is 2.29. The SMILES string of the molecule is CN(C)C1CCN(c2ncc(Br)cc2[N+](=O)[O-])C1. The van der Waals surface area contributed by atoms with Gasteiger partial charge in [0.15, 0.2) is 0 Å². The molecule has 0 saturated carbocycles. The molecule has 1 saturated heterocycles. The standard InChI is InChI=1S/C11H15BrN4O2/c1-14(2)9-3-4-15(7-9)11-10(16(17)18)5-8(12)6-13-11/h5-6,9H,3-4,7H2,1-2H3. The monoisotopic (exact) mass is 314 g/mol. The van der Waals surface area contributed by atoms with Crippen LogP contribution in [0.5, 0.6) is 0 Å². The zero-order chi connectivity index (χ0) is 13.3. The van der Waals surface area contributed by atoms with E-state index in [1.165, 1.54) is 6.07 Å². The largest absolute Gasteiger partial charge is 0.349 e. The zero-order valence-corrected chi connectivity index (χ0v) is 11.9. The van der Waals surface area contributed by atoms with E-state index in [4.69, 9.17) is 0 Å². The highest BCUT2D eigenvalue weighted by Crippen LogP contribution is 2.31. The number of hydrogen-bond donors (Lipinski definition) is 0. The minimum Gasteiger partial charge on any atom is -0.349 e. The van der Waals surface area contributed by atoms with Crippen LogP contribution in [0.3, 0.4) is 0 Å². The van der Waals surface area contributed by atoms with Gasteiger partial charge in [0.1, 0.15) is 0 Å². The number of halogens is 1. The summed E-state index contributed by atoms with van der Waals surface area (Å²) >= 11 is 3.21. The lowest BCUT2D eigenvalue weighted by Crippen LogP contribution is -2.31. The molecule has 2 heterocycles. The Morgan fingerprint density at radius 1 is 1.61 bits per heavy atom. The third kappa shape index (κ3) is 2.62. The first-order valence-electron chi connectivity index (χ1n) is 5.70. The van der Waals surface area contributed by atoms with Gasteiger partial charge in [-0.15, -0.1) is 0 Å². The number of rotatable bonds is 3. The highest BCUT2D eigenvalue weighted by molar-refractivity contribution is 9.10. The number of aromatic nitrogens is 1. The number of nitrogens with zero attached hydrogens (tertiary/aromatic N) is 4. The number of pyridine rings is 1. The Balaban J connectivity index is 2.27. The van der Waals surface area contributed by atoms with E-state index in [0.717, 1.165) is 19.5 Å².